The highest BCUT2D eigenvalue weighted by molar-refractivity contribution is 7.89. The normalized spacial score (nSPS) is 16.5. The van der Waals surface area contributed by atoms with Crippen molar-refractivity contribution in [3.63, 3.8) is 0 Å². The molecule has 1 aliphatic heterocycles. The number of hydrogen-bond acceptors (Lipinski definition) is 5. The van der Waals surface area contributed by atoms with Crippen LogP contribution in [0.25, 0.3) is 0 Å². The SMILES string of the molecule is CCOc1ccc(C2CC(C(NS(=O)(=O)c3cc(C)ccc3C)c3ccc(Cl)cc3Cl)=NN2)cc1. The van der Waals surface area contributed by atoms with Gasteiger partial charge in [-0.15, -0.1) is 0 Å². The van der Waals surface area contributed by atoms with Gasteiger partial charge in [-0.25, -0.2) is 8.42 Å². The first kappa shape index (κ1) is 25.5. The van der Waals surface area contributed by atoms with Crippen molar-refractivity contribution in [2.45, 2.75) is 44.2 Å². The lowest BCUT2D eigenvalue weighted by atomic mass is 9.96. The van der Waals surface area contributed by atoms with Crippen LogP contribution in [0.3, 0.4) is 0 Å². The average molecular weight is 532 g/mol. The number of hydrazone groups is 1. The van der Waals surface area contributed by atoms with Crippen LogP contribution in [-0.2, 0) is 10.0 Å². The number of ether oxygens (including phenoxy) is 1. The van der Waals surface area contributed by atoms with E-state index in [9.17, 15) is 8.42 Å². The molecule has 6 nitrogen and oxygen atoms in total. The van der Waals surface area contributed by atoms with Crippen LogP contribution in [0, 0.1) is 13.8 Å². The molecule has 0 saturated carbocycles. The zero-order valence-corrected chi connectivity index (χ0v) is 22.0. The number of halogens is 2. The van der Waals surface area contributed by atoms with Crippen molar-refractivity contribution in [3.05, 3.63) is 93.0 Å². The lowest BCUT2D eigenvalue weighted by Crippen LogP contribution is -2.34. The summed E-state index contributed by atoms with van der Waals surface area (Å²) in [5, 5.41) is 5.35. The predicted molar refractivity (Wildman–Crippen MR) is 141 cm³/mol. The summed E-state index contributed by atoms with van der Waals surface area (Å²) >= 11 is 12.6. The number of hydrogen-bond donors (Lipinski definition) is 2. The Hall–Kier alpha value is -2.58. The summed E-state index contributed by atoms with van der Waals surface area (Å²) in [6.45, 7) is 6.17. The molecule has 184 valence electrons. The maximum Gasteiger partial charge on any atom is 0.241 e. The van der Waals surface area contributed by atoms with Crippen LogP contribution >= 0.6 is 23.2 Å². The average Bonchev–Trinajstić information content (AvgIpc) is 3.30. The Balaban J connectivity index is 1.66. The van der Waals surface area contributed by atoms with E-state index in [0.717, 1.165) is 16.9 Å². The van der Waals surface area contributed by atoms with Crippen molar-refractivity contribution >= 4 is 38.9 Å². The first-order chi connectivity index (χ1) is 16.7. The Labute approximate surface area is 216 Å². The summed E-state index contributed by atoms with van der Waals surface area (Å²) in [4.78, 5) is 0.224. The number of aryl methyl sites for hydroxylation is 2. The number of benzene rings is 3. The Morgan fingerprint density at radius 1 is 1.09 bits per heavy atom. The zero-order chi connectivity index (χ0) is 25.2. The Morgan fingerprint density at radius 3 is 2.51 bits per heavy atom. The van der Waals surface area contributed by atoms with Crippen molar-refractivity contribution < 1.29 is 13.2 Å². The van der Waals surface area contributed by atoms with Gasteiger partial charge < -0.3 is 10.2 Å². The smallest absolute Gasteiger partial charge is 0.241 e. The molecule has 0 amide bonds. The van der Waals surface area contributed by atoms with Gasteiger partial charge in [0.1, 0.15) is 5.75 Å². The minimum Gasteiger partial charge on any atom is -0.494 e. The minimum atomic E-state index is -3.89. The van der Waals surface area contributed by atoms with Crippen molar-refractivity contribution in [3.8, 4) is 5.75 Å². The molecule has 0 aromatic heterocycles. The number of sulfonamides is 1. The van der Waals surface area contributed by atoms with Crippen molar-refractivity contribution in [1.82, 2.24) is 10.1 Å². The summed E-state index contributed by atoms with van der Waals surface area (Å²) in [7, 11) is -3.89. The third-order valence-corrected chi connectivity index (χ3v) is 8.01. The van der Waals surface area contributed by atoms with Crippen LogP contribution in [0.5, 0.6) is 5.75 Å². The molecule has 9 heteroatoms. The molecule has 0 aliphatic carbocycles. The first-order valence-electron chi connectivity index (χ1n) is 11.3. The van der Waals surface area contributed by atoms with E-state index >= 15 is 0 Å². The van der Waals surface area contributed by atoms with Crippen molar-refractivity contribution in [2.24, 2.45) is 5.10 Å². The minimum absolute atomic E-state index is 0.112. The van der Waals surface area contributed by atoms with Gasteiger partial charge in [0.2, 0.25) is 10.0 Å². The summed E-state index contributed by atoms with van der Waals surface area (Å²) in [5.74, 6) is 0.794. The summed E-state index contributed by atoms with van der Waals surface area (Å²) in [5.41, 5.74) is 6.88. The molecule has 2 atom stereocenters. The van der Waals surface area contributed by atoms with E-state index < -0.39 is 16.1 Å². The van der Waals surface area contributed by atoms with Gasteiger partial charge in [-0.2, -0.15) is 9.82 Å². The molecular formula is C26H27Cl2N3O3S. The molecule has 3 aromatic carbocycles. The molecule has 0 fully saturated rings. The highest BCUT2D eigenvalue weighted by Crippen LogP contribution is 2.34. The summed E-state index contributed by atoms with van der Waals surface area (Å²) in [6.07, 6.45) is 0.493. The monoisotopic (exact) mass is 531 g/mol. The van der Waals surface area contributed by atoms with E-state index in [4.69, 9.17) is 27.9 Å². The lowest BCUT2D eigenvalue weighted by molar-refractivity contribution is 0.340. The van der Waals surface area contributed by atoms with Crippen LogP contribution in [-0.4, -0.2) is 20.7 Å². The second-order valence-electron chi connectivity index (χ2n) is 8.48. The van der Waals surface area contributed by atoms with Crippen molar-refractivity contribution in [2.75, 3.05) is 6.61 Å². The molecule has 4 rings (SSSR count). The molecule has 3 aromatic rings. The molecule has 2 N–H and O–H groups in total. The second kappa shape index (κ2) is 10.6. The van der Waals surface area contributed by atoms with Gasteiger partial charge in [-0.05, 0) is 73.4 Å². The fourth-order valence-electron chi connectivity index (χ4n) is 4.06. The van der Waals surface area contributed by atoms with E-state index in [1.807, 2.05) is 44.2 Å². The predicted octanol–water partition coefficient (Wildman–Crippen LogP) is 6.12. The Morgan fingerprint density at radius 2 is 1.83 bits per heavy atom. The maximum atomic E-state index is 13.5. The number of nitrogens with one attached hydrogen (secondary N) is 2. The molecule has 1 heterocycles. The van der Waals surface area contributed by atoms with Crippen molar-refractivity contribution in [1.29, 1.82) is 0 Å². The van der Waals surface area contributed by atoms with Gasteiger partial charge in [0.05, 0.1) is 29.3 Å². The highest BCUT2D eigenvalue weighted by Gasteiger charge is 2.32. The van der Waals surface area contributed by atoms with Crippen LogP contribution in [0.2, 0.25) is 10.0 Å². The van der Waals surface area contributed by atoms with Gasteiger partial charge in [-0.3, -0.25) is 0 Å². The largest absolute Gasteiger partial charge is 0.494 e. The Bertz CT molecular complexity index is 1360. The van der Waals surface area contributed by atoms with Crippen LogP contribution in [0.4, 0.5) is 0 Å². The Kier molecular flexibility index (Phi) is 7.71. The van der Waals surface area contributed by atoms with Crippen LogP contribution in [0.1, 0.15) is 47.7 Å². The van der Waals surface area contributed by atoms with Gasteiger partial charge in [0.15, 0.2) is 0 Å². The molecular weight excluding hydrogens is 505 g/mol. The molecule has 2 unspecified atom stereocenters. The lowest BCUT2D eigenvalue weighted by Gasteiger charge is -2.21. The molecule has 0 radical (unpaired) electrons. The molecule has 0 bridgehead atoms. The fraction of sp³-hybridized carbons (Fsp3) is 0.269. The number of nitrogens with zero attached hydrogens (tertiary/aromatic N) is 1. The van der Waals surface area contributed by atoms with Gasteiger partial charge in [0, 0.05) is 16.5 Å². The van der Waals surface area contributed by atoms with Crippen LogP contribution in [0.15, 0.2) is 70.7 Å². The van der Waals surface area contributed by atoms with Gasteiger partial charge in [0.25, 0.3) is 0 Å². The van der Waals surface area contributed by atoms with E-state index in [0.29, 0.717) is 39.9 Å². The molecule has 0 saturated heterocycles. The maximum absolute atomic E-state index is 13.5. The van der Waals surface area contributed by atoms with Gasteiger partial charge >= 0.3 is 0 Å². The summed E-state index contributed by atoms with van der Waals surface area (Å²) < 4.78 is 35.4. The number of rotatable bonds is 8. The highest BCUT2D eigenvalue weighted by atomic mass is 35.5. The quantitative estimate of drug-likeness (QED) is 0.367. The topological polar surface area (TPSA) is 79.8 Å². The molecule has 0 spiro atoms. The van der Waals surface area contributed by atoms with E-state index in [1.54, 1.807) is 37.3 Å². The molecule has 1 aliphatic rings. The van der Waals surface area contributed by atoms with E-state index in [-0.39, 0.29) is 10.9 Å². The van der Waals surface area contributed by atoms with E-state index in [1.165, 1.54) is 0 Å². The fourth-order valence-corrected chi connectivity index (χ4v) is 6.11. The summed E-state index contributed by atoms with van der Waals surface area (Å²) in [6, 6.07) is 17.3. The van der Waals surface area contributed by atoms with Crippen LogP contribution < -0.4 is 14.9 Å². The second-order valence-corrected chi connectivity index (χ2v) is 11.0. The third-order valence-electron chi connectivity index (χ3n) is 5.88. The van der Waals surface area contributed by atoms with Gasteiger partial charge in [-0.1, -0.05) is 53.5 Å². The van der Waals surface area contributed by atoms with E-state index in [2.05, 4.69) is 15.2 Å². The standard InChI is InChI=1S/C26H27Cl2N3O3S/c1-4-34-20-10-7-18(8-11-20)23-15-24(30-29-23)26(21-12-9-19(27)14-22(21)28)31-35(32,33)25-13-16(2)5-6-17(25)3/h5-14,23,26,29,31H,4,15H2,1-3H3. The third kappa shape index (κ3) is 5.81. The zero-order valence-electron chi connectivity index (χ0n) is 19.7. The first-order valence-corrected chi connectivity index (χ1v) is 13.5. The molecule has 35 heavy (non-hydrogen) atoms.